The first-order chi connectivity index (χ1) is 10.6. The summed E-state index contributed by atoms with van der Waals surface area (Å²) in [6.07, 6.45) is 2.21. The van der Waals surface area contributed by atoms with Crippen molar-refractivity contribution in [1.82, 2.24) is 10.3 Å². The van der Waals surface area contributed by atoms with Gasteiger partial charge in [-0.2, -0.15) is 0 Å². The molecule has 6 heteroatoms. The van der Waals surface area contributed by atoms with E-state index in [9.17, 15) is 4.79 Å². The van der Waals surface area contributed by atoms with Crippen molar-refractivity contribution in [3.05, 3.63) is 37.5 Å². The maximum atomic E-state index is 11.7. The molecule has 0 spiro atoms. The third-order valence-corrected chi connectivity index (χ3v) is 5.19. The molecule has 0 amide bonds. The number of thiazole rings is 1. The summed E-state index contributed by atoms with van der Waals surface area (Å²) in [4.78, 5) is 19.8. The van der Waals surface area contributed by atoms with E-state index in [1.165, 1.54) is 9.75 Å². The number of nitrogens with zero attached hydrogens (tertiary/aromatic N) is 1. The lowest BCUT2D eigenvalue weighted by Crippen LogP contribution is -2.15. The van der Waals surface area contributed by atoms with Crippen LogP contribution in [0.2, 0.25) is 0 Å². The molecule has 0 saturated carbocycles. The number of thiophene rings is 1. The normalized spacial score (nSPS) is 10.9. The van der Waals surface area contributed by atoms with Crippen LogP contribution in [0.1, 0.15) is 43.5 Å². The molecule has 2 aromatic rings. The predicted molar refractivity (Wildman–Crippen MR) is 91.9 cm³/mol. The Hall–Kier alpha value is -1.24. The van der Waals surface area contributed by atoms with Crippen molar-refractivity contribution >= 4 is 28.6 Å². The average molecular weight is 338 g/mol. The molecule has 0 aliphatic heterocycles. The van der Waals surface area contributed by atoms with Gasteiger partial charge in [0.15, 0.2) is 5.69 Å². The fraction of sp³-hybridized carbons (Fsp3) is 0.500. The molecular weight excluding hydrogens is 316 g/mol. The second kappa shape index (κ2) is 8.41. The lowest BCUT2D eigenvalue weighted by molar-refractivity contribution is 0.0519. The monoisotopic (exact) mass is 338 g/mol. The van der Waals surface area contributed by atoms with Crippen LogP contribution in [0.15, 0.2) is 12.1 Å². The van der Waals surface area contributed by atoms with Crippen LogP contribution in [0, 0.1) is 13.8 Å². The Bertz CT molecular complexity index is 619. The third-order valence-electron chi connectivity index (χ3n) is 3.16. The molecule has 0 unspecified atom stereocenters. The zero-order chi connectivity index (χ0) is 15.9. The van der Waals surface area contributed by atoms with E-state index < -0.39 is 0 Å². The van der Waals surface area contributed by atoms with E-state index in [4.69, 9.17) is 4.74 Å². The van der Waals surface area contributed by atoms with Gasteiger partial charge in [-0.05, 0) is 52.3 Å². The number of rotatable bonds is 8. The molecule has 2 rings (SSSR count). The number of ether oxygens (including phenoxy) is 1. The number of aromatic nitrogens is 1. The highest BCUT2D eigenvalue weighted by Gasteiger charge is 2.15. The summed E-state index contributed by atoms with van der Waals surface area (Å²) in [5.74, 6) is -0.324. The lowest BCUT2D eigenvalue weighted by Gasteiger charge is -2.01. The van der Waals surface area contributed by atoms with E-state index in [-0.39, 0.29) is 5.97 Å². The largest absolute Gasteiger partial charge is 0.461 e. The molecule has 120 valence electrons. The van der Waals surface area contributed by atoms with Crippen LogP contribution in [0.25, 0.3) is 0 Å². The second-order valence-corrected chi connectivity index (χ2v) is 7.69. The van der Waals surface area contributed by atoms with Crippen LogP contribution in [0.5, 0.6) is 0 Å². The number of esters is 1. The highest BCUT2D eigenvalue weighted by molar-refractivity contribution is 7.12. The summed E-state index contributed by atoms with van der Waals surface area (Å²) in [5.41, 5.74) is 0.456. The summed E-state index contributed by atoms with van der Waals surface area (Å²) < 4.78 is 5.00. The third kappa shape index (κ3) is 4.90. The van der Waals surface area contributed by atoms with Crippen LogP contribution >= 0.6 is 22.7 Å². The summed E-state index contributed by atoms with van der Waals surface area (Å²) in [7, 11) is 0. The number of aryl methyl sites for hydroxylation is 3. The Morgan fingerprint density at radius 3 is 2.82 bits per heavy atom. The van der Waals surface area contributed by atoms with Crippen LogP contribution in [0.3, 0.4) is 0 Å². The number of nitrogens with one attached hydrogen (secondary N) is 1. The Morgan fingerprint density at radius 1 is 1.32 bits per heavy atom. The Kier molecular flexibility index (Phi) is 6.54. The maximum Gasteiger partial charge on any atom is 0.358 e. The van der Waals surface area contributed by atoms with Gasteiger partial charge in [0.2, 0.25) is 0 Å². The molecule has 0 radical (unpaired) electrons. The minimum absolute atomic E-state index is 0.324. The highest BCUT2D eigenvalue weighted by Crippen LogP contribution is 2.19. The van der Waals surface area contributed by atoms with Crippen LogP contribution < -0.4 is 5.32 Å². The lowest BCUT2D eigenvalue weighted by atomic mass is 10.2. The fourth-order valence-electron chi connectivity index (χ4n) is 2.12. The molecule has 22 heavy (non-hydrogen) atoms. The first kappa shape index (κ1) is 17.1. The van der Waals surface area contributed by atoms with Gasteiger partial charge in [0.1, 0.15) is 5.01 Å². The van der Waals surface area contributed by atoms with Gasteiger partial charge in [-0.3, -0.25) is 0 Å². The van der Waals surface area contributed by atoms with Gasteiger partial charge in [0.25, 0.3) is 0 Å². The molecule has 0 fully saturated rings. The first-order valence-electron chi connectivity index (χ1n) is 7.49. The summed E-state index contributed by atoms with van der Waals surface area (Å²) >= 11 is 3.42. The number of hydrogen-bond acceptors (Lipinski definition) is 6. The van der Waals surface area contributed by atoms with Crippen LogP contribution in [-0.4, -0.2) is 24.1 Å². The summed E-state index contributed by atoms with van der Waals surface area (Å²) in [6, 6.07) is 4.37. The van der Waals surface area contributed by atoms with Crippen molar-refractivity contribution in [1.29, 1.82) is 0 Å². The molecule has 2 heterocycles. The highest BCUT2D eigenvalue weighted by atomic mass is 32.1. The smallest absolute Gasteiger partial charge is 0.358 e. The van der Waals surface area contributed by atoms with Gasteiger partial charge in [-0.15, -0.1) is 22.7 Å². The zero-order valence-corrected chi connectivity index (χ0v) is 14.9. The SMILES string of the molecule is CCOC(=O)c1nc(CNCCCc2ccc(C)s2)sc1C. The topological polar surface area (TPSA) is 51.2 Å². The van der Waals surface area contributed by atoms with E-state index in [1.54, 1.807) is 18.3 Å². The minimum Gasteiger partial charge on any atom is -0.461 e. The van der Waals surface area contributed by atoms with Crippen molar-refractivity contribution in [2.75, 3.05) is 13.2 Å². The number of hydrogen-bond donors (Lipinski definition) is 1. The Balaban J connectivity index is 1.73. The molecule has 0 aromatic carbocycles. The zero-order valence-electron chi connectivity index (χ0n) is 13.3. The predicted octanol–water partition coefficient (Wildman–Crippen LogP) is 3.72. The van der Waals surface area contributed by atoms with E-state index in [0.717, 1.165) is 29.3 Å². The maximum absolute atomic E-state index is 11.7. The van der Waals surface area contributed by atoms with Gasteiger partial charge in [0, 0.05) is 21.2 Å². The Labute approximate surface area is 139 Å². The van der Waals surface area contributed by atoms with Gasteiger partial charge >= 0.3 is 5.97 Å². The van der Waals surface area contributed by atoms with Crippen molar-refractivity contribution in [2.24, 2.45) is 0 Å². The molecular formula is C16H22N2O2S2. The Morgan fingerprint density at radius 2 is 2.14 bits per heavy atom. The molecule has 0 saturated heterocycles. The first-order valence-corrected chi connectivity index (χ1v) is 9.13. The van der Waals surface area contributed by atoms with E-state index in [1.807, 2.05) is 18.3 Å². The minimum atomic E-state index is -0.324. The second-order valence-electron chi connectivity index (χ2n) is 5.03. The average Bonchev–Trinajstić information content (AvgIpc) is 3.05. The van der Waals surface area contributed by atoms with Gasteiger partial charge in [-0.1, -0.05) is 0 Å². The van der Waals surface area contributed by atoms with Crippen LogP contribution in [0.4, 0.5) is 0 Å². The van der Waals surface area contributed by atoms with Gasteiger partial charge < -0.3 is 10.1 Å². The molecule has 0 atom stereocenters. The molecule has 4 nitrogen and oxygen atoms in total. The quantitative estimate of drug-likeness (QED) is 0.589. The fourth-order valence-corrected chi connectivity index (χ4v) is 3.94. The van der Waals surface area contributed by atoms with Crippen molar-refractivity contribution in [2.45, 2.75) is 40.2 Å². The molecule has 0 aliphatic rings. The van der Waals surface area contributed by atoms with Gasteiger partial charge in [-0.25, -0.2) is 9.78 Å². The summed E-state index contributed by atoms with van der Waals surface area (Å²) in [5, 5.41) is 4.33. The van der Waals surface area contributed by atoms with E-state index >= 15 is 0 Å². The van der Waals surface area contributed by atoms with Gasteiger partial charge in [0.05, 0.1) is 6.61 Å². The molecule has 0 aliphatic carbocycles. The molecule has 2 aromatic heterocycles. The van der Waals surface area contributed by atoms with E-state index in [2.05, 4.69) is 29.4 Å². The van der Waals surface area contributed by atoms with Crippen LogP contribution in [-0.2, 0) is 17.7 Å². The number of carbonyl (C=O) groups excluding carboxylic acids is 1. The standard InChI is InChI=1S/C16H22N2O2S2/c1-4-20-16(19)15-12(3)22-14(18-15)10-17-9-5-6-13-8-7-11(2)21-13/h7-8,17H,4-6,9-10H2,1-3H3. The van der Waals surface area contributed by atoms with Crippen molar-refractivity contribution in [3.63, 3.8) is 0 Å². The van der Waals surface area contributed by atoms with E-state index in [0.29, 0.717) is 18.8 Å². The molecule has 0 bridgehead atoms. The van der Waals surface area contributed by atoms with Crippen molar-refractivity contribution in [3.8, 4) is 0 Å². The number of carbonyl (C=O) groups is 1. The summed E-state index contributed by atoms with van der Waals surface area (Å²) in [6.45, 7) is 7.88. The van der Waals surface area contributed by atoms with Crippen molar-refractivity contribution < 1.29 is 9.53 Å². The molecule has 1 N–H and O–H groups in total.